The zero-order valence-corrected chi connectivity index (χ0v) is 42.9. The van der Waals surface area contributed by atoms with Crippen molar-refractivity contribution in [3.8, 4) is 11.8 Å². The average Bonchev–Trinajstić information content (AvgIpc) is 3.65. The third kappa shape index (κ3) is 14.0. The number of likely N-dealkylation sites (tertiary alicyclic amines) is 1. The molecule has 0 spiro atoms. The highest BCUT2D eigenvalue weighted by molar-refractivity contribution is 6.31. The predicted molar refractivity (Wildman–Crippen MR) is 272 cm³/mol. The van der Waals surface area contributed by atoms with Crippen molar-refractivity contribution in [3.63, 3.8) is 0 Å². The second-order valence-electron chi connectivity index (χ2n) is 20.2. The first-order valence-corrected chi connectivity index (χ1v) is 26.8. The van der Waals surface area contributed by atoms with Gasteiger partial charge >= 0.3 is 11.9 Å². The smallest absolute Gasteiger partial charge is 0.307 e. The number of carbonyl (C=O) groups is 7. The van der Waals surface area contributed by atoms with Crippen LogP contribution in [0.1, 0.15) is 152 Å². The Balaban J connectivity index is 0.734. The van der Waals surface area contributed by atoms with E-state index in [1.807, 2.05) is 17.0 Å². The van der Waals surface area contributed by atoms with Gasteiger partial charge in [0, 0.05) is 77.2 Å². The Kier molecular flexibility index (Phi) is 18.7. The van der Waals surface area contributed by atoms with Crippen LogP contribution in [0.3, 0.4) is 0 Å². The van der Waals surface area contributed by atoms with Crippen molar-refractivity contribution in [2.45, 2.75) is 134 Å². The molecule has 2 N–H and O–H groups in total. The summed E-state index contributed by atoms with van der Waals surface area (Å²) in [4.78, 5) is 98.1. The second kappa shape index (κ2) is 25.7. The lowest BCUT2D eigenvalue weighted by Crippen LogP contribution is -2.56. The summed E-state index contributed by atoms with van der Waals surface area (Å²) in [5.41, 5.74) is 0.694. The van der Waals surface area contributed by atoms with Crippen molar-refractivity contribution >= 4 is 64.6 Å². The van der Waals surface area contributed by atoms with Crippen molar-refractivity contribution in [2.24, 2.45) is 5.92 Å². The number of nitrogens with one attached hydrogen (secondary N) is 1. The molecule has 3 aromatic rings. The molecule has 5 heterocycles. The van der Waals surface area contributed by atoms with E-state index in [2.05, 4.69) is 25.3 Å². The van der Waals surface area contributed by atoms with Crippen molar-refractivity contribution in [1.82, 2.24) is 30.2 Å². The third-order valence-electron chi connectivity index (χ3n) is 15.1. The number of piperidine rings is 2. The van der Waals surface area contributed by atoms with Crippen LogP contribution in [0.2, 0.25) is 5.02 Å². The van der Waals surface area contributed by atoms with Gasteiger partial charge in [-0.3, -0.25) is 43.4 Å². The summed E-state index contributed by atoms with van der Waals surface area (Å²) < 4.78 is 27.2. The molecular weight excluding hydrogens is 989 g/mol. The van der Waals surface area contributed by atoms with E-state index in [1.54, 1.807) is 24.3 Å². The fraction of sp³-hybridized carbons (Fsp3) is 0.556. The predicted octanol–water partition coefficient (Wildman–Crippen LogP) is 6.90. The highest BCUT2D eigenvalue weighted by Crippen LogP contribution is 2.35. The zero-order chi connectivity index (χ0) is 53.0. The molecule has 2 aromatic carbocycles. The lowest BCUT2D eigenvalue weighted by Gasteiger charge is -2.39. The van der Waals surface area contributed by atoms with Crippen LogP contribution >= 0.6 is 11.6 Å². The second-order valence-corrected chi connectivity index (χ2v) is 20.6. The Morgan fingerprint density at radius 1 is 0.773 bits per heavy atom. The molecule has 400 valence electrons. The quantitative estimate of drug-likeness (QED) is 0.0591. The van der Waals surface area contributed by atoms with Gasteiger partial charge in [0.15, 0.2) is 18.2 Å². The van der Waals surface area contributed by atoms with E-state index in [9.17, 15) is 33.6 Å². The van der Waals surface area contributed by atoms with Crippen LogP contribution in [-0.4, -0.2) is 142 Å². The van der Waals surface area contributed by atoms with Crippen LogP contribution in [0.15, 0.2) is 42.5 Å². The number of carbonyl (C=O) groups excluding carboxylic acids is 6. The summed E-state index contributed by atoms with van der Waals surface area (Å²) >= 11 is 6.16. The molecule has 1 atom stereocenters. The molecule has 5 amide bonds. The highest BCUT2D eigenvalue weighted by atomic mass is 35.5. The van der Waals surface area contributed by atoms with E-state index in [-0.39, 0.29) is 66.2 Å². The maximum Gasteiger partial charge on any atom is 0.307 e. The van der Waals surface area contributed by atoms with Crippen molar-refractivity contribution in [2.75, 3.05) is 62.3 Å². The van der Waals surface area contributed by atoms with Crippen molar-refractivity contribution in [3.05, 3.63) is 75.7 Å². The number of carboxylic acid groups (broad SMARTS) is 1. The number of unbranched alkanes of at least 4 members (excludes halogenated alkanes) is 7. The van der Waals surface area contributed by atoms with Crippen molar-refractivity contribution < 1.29 is 52.5 Å². The number of amides is 5. The molecule has 21 heteroatoms. The number of anilines is 2. The Morgan fingerprint density at radius 3 is 2.08 bits per heavy atom. The monoisotopic (exact) mass is 1050 g/mol. The minimum Gasteiger partial charge on any atom is -0.490 e. The number of imide groups is 2. The maximum atomic E-state index is 15.8. The summed E-state index contributed by atoms with van der Waals surface area (Å²) in [5.74, 6) is -3.51. The minimum absolute atomic E-state index is 0.00676. The Morgan fingerprint density at radius 2 is 1.44 bits per heavy atom. The molecule has 3 saturated heterocycles. The van der Waals surface area contributed by atoms with Crippen LogP contribution in [0.4, 0.5) is 15.9 Å². The molecule has 0 bridgehead atoms. The van der Waals surface area contributed by atoms with Gasteiger partial charge in [0.25, 0.3) is 23.6 Å². The van der Waals surface area contributed by atoms with Crippen molar-refractivity contribution in [1.29, 1.82) is 5.26 Å². The Hall–Kier alpha value is -6.72. The summed E-state index contributed by atoms with van der Waals surface area (Å²) in [6.07, 6.45) is 11.6. The largest absolute Gasteiger partial charge is 0.490 e. The number of aromatic nitrogens is 2. The van der Waals surface area contributed by atoms with Gasteiger partial charge in [0.05, 0.1) is 33.5 Å². The molecule has 1 aliphatic carbocycles. The number of rotatable bonds is 22. The fourth-order valence-electron chi connectivity index (χ4n) is 10.7. The number of halogens is 2. The van der Waals surface area contributed by atoms with E-state index < -0.39 is 54.2 Å². The molecule has 1 aromatic heterocycles. The van der Waals surface area contributed by atoms with Gasteiger partial charge in [-0.25, -0.2) is 9.29 Å². The van der Waals surface area contributed by atoms with Gasteiger partial charge in [-0.05, 0) is 100 Å². The SMILES string of the molecule is N#Cc1ccc(OC2CCC(NC(=O)c3ccc(N4CCC(CN5CCN(c6cc7c(cc6F)C(=O)N(C6CCC(=O)N(COC(=O)CCCCCCCCCCC(=O)O)C6=O)C7=O)CC5)CC4)nn3)CC2)cc1Cl. The Bertz CT molecular complexity index is 2630. The number of nitriles is 1. The standard InChI is InChI=1S/C54H65ClFN9O10/c55-42-29-39(14-11-36(42)32-57)75-38-15-12-37(13-16-38)58-51(70)44-17-19-47(60-59-44)63-23-21-35(22-24-63)33-61-25-27-62(28-26-61)46-31-41-40(30-43(46)56)52(71)65(53(41)72)45-18-20-48(66)64(54(45)73)34-74-50(69)10-8-6-4-2-1-3-5-7-9-49(67)68/h11,14,17,19,29-31,35,37-38,45H,1-10,12-13,15-16,18,20-28,33-34H2,(H,58,70)(H,67,68). The average molecular weight is 1050 g/mol. The third-order valence-corrected chi connectivity index (χ3v) is 15.4. The van der Waals surface area contributed by atoms with E-state index in [0.717, 1.165) is 113 Å². The number of nitrogens with zero attached hydrogens (tertiary/aromatic N) is 8. The van der Waals surface area contributed by atoms with Gasteiger partial charge in [-0.2, -0.15) is 5.26 Å². The molecule has 4 aliphatic heterocycles. The molecule has 1 unspecified atom stereocenters. The lowest BCUT2D eigenvalue weighted by atomic mass is 9.93. The number of aliphatic carboxylic acids is 1. The van der Waals surface area contributed by atoms with Crippen LogP contribution in [0, 0.1) is 23.1 Å². The van der Waals surface area contributed by atoms with E-state index >= 15 is 4.39 Å². The lowest BCUT2D eigenvalue weighted by molar-refractivity contribution is -0.163. The minimum atomic E-state index is -1.32. The first-order chi connectivity index (χ1) is 36.3. The normalized spacial score (nSPS) is 20.5. The first-order valence-electron chi connectivity index (χ1n) is 26.4. The Labute approximate surface area is 440 Å². The molecule has 5 aliphatic rings. The number of hydrogen-bond donors (Lipinski definition) is 2. The van der Waals surface area contributed by atoms with E-state index in [1.165, 1.54) is 6.07 Å². The van der Waals surface area contributed by atoms with E-state index in [0.29, 0.717) is 67.1 Å². The first kappa shape index (κ1) is 54.5. The number of ether oxygens (including phenoxy) is 2. The molecule has 75 heavy (non-hydrogen) atoms. The molecule has 0 radical (unpaired) electrons. The fourth-order valence-corrected chi connectivity index (χ4v) is 10.9. The van der Waals surface area contributed by atoms with Gasteiger partial charge in [0.2, 0.25) is 5.91 Å². The number of fused-ring (bicyclic) bond motifs is 1. The van der Waals surface area contributed by atoms with Crippen LogP contribution in [-0.2, 0) is 23.9 Å². The van der Waals surface area contributed by atoms with Gasteiger partial charge in [-0.15, -0.1) is 10.2 Å². The number of esters is 1. The molecule has 1 saturated carbocycles. The topological polar surface area (TPSA) is 236 Å². The van der Waals surface area contributed by atoms with Crippen LogP contribution in [0.5, 0.6) is 5.75 Å². The van der Waals surface area contributed by atoms with E-state index in [4.69, 9.17) is 31.4 Å². The molecule has 8 rings (SSSR count). The summed E-state index contributed by atoms with van der Waals surface area (Å²) in [6.45, 7) is 4.12. The zero-order valence-electron chi connectivity index (χ0n) is 42.2. The number of hydrogen-bond acceptors (Lipinski definition) is 15. The van der Waals surface area contributed by atoms with Gasteiger partial charge in [0.1, 0.15) is 23.7 Å². The van der Waals surface area contributed by atoms with Gasteiger partial charge < -0.3 is 29.7 Å². The molecule has 19 nitrogen and oxygen atoms in total. The maximum absolute atomic E-state index is 15.8. The summed E-state index contributed by atoms with van der Waals surface area (Å²) in [5, 5.41) is 30.0. The highest BCUT2D eigenvalue weighted by Gasteiger charge is 2.48. The summed E-state index contributed by atoms with van der Waals surface area (Å²) in [7, 11) is 0. The number of piperazine rings is 1. The van der Waals surface area contributed by atoms with Crippen LogP contribution in [0.25, 0.3) is 0 Å². The van der Waals surface area contributed by atoms with Crippen LogP contribution < -0.4 is 19.9 Å². The number of benzene rings is 2. The molecule has 4 fully saturated rings. The van der Waals surface area contributed by atoms with Gasteiger partial charge in [-0.1, -0.05) is 50.1 Å². The summed E-state index contributed by atoms with van der Waals surface area (Å²) in [6, 6.07) is 11.8. The molecular formula is C54H65ClFN9O10. The number of carboxylic acids is 1.